The number of aromatic nitrogens is 2. The number of halogens is 2. The monoisotopic (exact) mass is 306 g/mol. The van der Waals surface area contributed by atoms with E-state index in [1.54, 1.807) is 0 Å². The molecular weight excluding hydrogens is 299 g/mol. The fourth-order valence-electron chi connectivity index (χ4n) is 1.41. The Morgan fingerprint density at radius 3 is 2.61 bits per heavy atom. The normalized spacial score (nSPS) is 11.5. The summed E-state index contributed by atoms with van der Waals surface area (Å²) < 4.78 is 30.5. The number of rotatable bonds is 3. The van der Waals surface area contributed by atoms with Crippen molar-refractivity contribution in [3.63, 3.8) is 0 Å². The molecule has 1 aromatic carbocycles. The van der Waals surface area contributed by atoms with Gasteiger partial charge < -0.3 is 4.74 Å². The van der Waals surface area contributed by atoms with Gasteiger partial charge >= 0.3 is 0 Å². The van der Waals surface area contributed by atoms with Crippen LogP contribution in [0.4, 0.5) is 0 Å². The molecule has 0 N–H and O–H groups in total. The van der Waals surface area contributed by atoms with Gasteiger partial charge in [-0.2, -0.15) is 0 Å². The summed E-state index contributed by atoms with van der Waals surface area (Å²) in [6.07, 6.45) is 3.86. The van der Waals surface area contributed by atoms with E-state index < -0.39 is 10.0 Å². The van der Waals surface area contributed by atoms with Crippen LogP contribution in [0.1, 0.15) is 0 Å². The molecule has 2 aromatic rings. The smallest absolute Gasteiger partial charge is 0.272 e. The zero-order valence-electron chi connectivity index (χ0n) is 9.17. The molecule has 18 heavy (non-hydrogen) atoms. The van der Waals surface area contributed by atoms with Crippen molar-refractivity contribution in [1.29, 1.82) is 0 Å². The molecule has 0 fully saturated rings. The first kappa shape index (κ1) is 13.2. The van der Waals surface area contributed by atoms with Crippen LogP contribution < -0.4 is 4.74 Å². The van der Waals surface area contributed by atoms with Gasteiger partial charge in [0.2, 0.25) is 0 Å². The van der Waals surface area contributed by atoms with Gasteiger partial charge in [-0.1, -0.05) is 23.2 Å². The molecule has 2 rings (SSSR count). The van der Waals surface area contributed by atoms with E-state index in [0.717, 1.165) is 3.97 Å². The molecule has 5 nitrogen and oxygen atoms in total. The summed E-state index contributed by atoms with van der Waals surface area (Å²) >= 11 is 11.7. The first-order valence-corrected chi connectivity index (χ1v) is 6.93. The standard InChI is InChI=1S/C10H8Cl2N2O3S/c1-17-10-8(3-2-7(11)9(10)12)18(15,16)14-5-4-13-6-14/h2-6H,1H3. The summed E-state index contributed by atoms with van der Waals surface area (Å²) in [5.41, 5.74) is 0. The summed E-state index contributed by atoms with van der Waals surface area (Å²) in [5, 5.41) is 0.276. The van der Waals surface area contributed by atoms with E-state index >= 15 is 0 Å². The van der Waals surface area contributed by atoms with Crippen molar-refractivity contribution in [3.05, 3.63) is 40.9 Å². The van der Waals surface area contributed by atoms with Crippen LogP contribution >= 0.6 is 23.2 Å². The maximum Gasteiger partial charge on any atom is 0.272 e. The molecule has 0 unspecified atom stereocenters. The van der Waals surface area contributed by atoms with E-state index in [-0.39, 0.29) is 20.7 Å². The van der Waals surface area contributed by atoms with Crippen LogP contribution in [0.5, 0.6) is 5.75 Å². The van der Waals surface area contributed by atoms with Crippen molar-refractivity contribution in [1.82, 2.24) is 8.96 Å². The molecule has 0 saturated carbocycles. The predicted molar refractivity (Wildman–Crippen MR) is 67.8 cm³/mol. The lowest BCUT2D eigenvalue weighted by Gasteiger charge is -2.12. The number of benzene rings is 1. The van der Waals surface area contributed by atoms with E-state index in [4.69, 9.17) is 27.9 Å². The highest BCUT2D eigenvalue weighted by Gasteiger charge is 2.24. The first-order chi connectivity index (χ1) is 8.48. The van der Waals surface area contributed by atoms with Crippen LogP contribution in [0.25, 0.3) is 0 Å². The number of hydrogen-bond acceptors (Lipinski definition) is 4. The van der Waals surface area contributed by atoms with Gasteiger partial charge in [0.25, 0.3) is 10.0 Å². The average molecular weight is 307 g/mol. The molecule has 0 spiro atoms. The third-order valence-corrected chi connectivity index (χ3v) is 4.69. The van der Waals surface area contributed by atoms with Gasteiger partial charge in [-0.05, 0) is 12.1 Å². The third-order valence-electron chi connectivity index (χ3n) is 2.25. The predicted octanol–water partition coefficient (Wildman–Crippen LogP) is 2.44. The van der Waals surface area contributed by atoms with Crippen molar-refractivity contribution >= 4 is 33.2 Å². The minimum atomic E-state index is -3.79. The fourth-order valence-corrected chi connectivity index (χ4v) is 3.14. The number of ether oxygens (including phenoxy) is 1. The van der Waals surface area contributed by atoms with Crippen LogP contribution in [0, 0.1) is 0 Å². The highest BCUT2D eigenvalue weighted by atomic mass is 35.5. The van der Waals surface area contributed by atoms with E-state index in [1.807, 2.05) is 0 Å². The van der Waals surface area contributed by atoms with Crippen molar-refractivity contribution < 1.29 is 13.2 Å². The highest BCUT2D eigenvalue weighted by Crippen LogP contribution is 2.37. The maximum absolute atomic E-state index is 12.3. The van der Waals surface area contributed by atoms with E-state index in [2.05, 4.69) is 4.98 Å². The van der Waals surface area contributed by atoms with Gasteiger partial charge in [0, 0.05) is 12.4 Å². The summed E-state index contributed by atoms with van der Waals surface area (Å²) in [6.45, 7) is 0. The van der Waals surface area contributed by atoms with Crippen molar-refractivity contribution in [2.24, 2.45) is 0 Å². The summed E-state index contributed by atoms with van der Waals surface area (Å²) in [5.74, 6) is 0.0119. The lowest BCUT2D eigenvalue weighted by Crippen LogP contribution is -2.12. The quantitative estimate of drug-likeness (QED) is 0.874. The zero-order chi connectivity index (χ0) is 13.3. The van der Waals surface area contributed by atoms with Crippen molar-refractivity contribution in [3.8, 4) is 5.75 Å². The van der Waals surface area contributed by atoms with Crippen LogP contribution in [-0.4, -0.2) is 24.5 Å². The Labute approximate surface area is 114 Å². The molecule has 0 amide bonds. The molecule has 0 radical (unpaired) electrons. The number of methoxy groups -OCH3 is 1. The molecular formula is C10H8Cl2N2O3S. The Kier molecular flexibility index (Phi) is 3.52. The Bertz CT molecular complexity index is 669. The Morgan fingerprint density at radius 1 is 1.33 bits per heavy atom. The highest BCUT2D eigenvalue weighted by molar-refractivity contribution is 7.90. The molecule has 8 heteroatoms. The van der Waals surface area contributed by atoms with Gasteiger partial charge in [-0.3, -0.25) is 0 Å². The molecule has 1 heterocycles. The lowest BCUT2D eigenvalue weighted by molar-refractivity contribution is 0.402. The van der Waals surface area contributed by atoms with Gasteiger partial charge in [0.15, 0.2) is 5.75 Å². The second-order valence-corrected chi connectivity index (χ2v) is 5.89. The SMILES string of the molecule is COc1c(S(=O)(=O)n2ccnc2)ccc(Cl)c1Cl. The maximum atomic E-state index is 12.3. The fraction of sp³-hybridized carbons (Fsp3) is 0.100. The van der Waals surface area contributed by atoms with Gasteiger partial charge in [-0.25, -0.2) is 17.4 Å². The zero-order valence-corrected chi connectivity index (χ0v) is 11.5. The minimum Gasteiger partial charge on any atom is -0.494 e. The molecule has 0 aliphatic carbocycles. The van der Waals surface area contributed by atoms with Crippen LogP contribution in [0.2, 0.25) is 10.0 Å². The third kappa shape index (κ3) is 2.07. The second kappa shape index (κ2) is 4.79. The number of imidazole rings is 1. The van der Waals surface area contributed by atoms with E-state index in [1.165, 1.54) is 38.0 Å². The molecule has 0 aliphatic rings. The largest absolute Gasteiger partial charge is 0.494 e. The molecule has 96 valence electrons. The summed E-state index contributed by atoms with van der Waals surface area (Å²) in [6, 6.07) is 2.73. The topological polar surface area (TPSA) is 61.2 Å². The Hall–Kier alpha value is -1.24. The van der Waals surface area contributed by atoms with Crippen LogP contribution in [0.3, 0.4) is 0 Å². The van der Waals surface area contributed by atoms with Gasteiger partial charge in [-0.15, -0.1) is 0 Å². The molecule has 0 aliphatic heterocycles. The molecule has 0 saturated heterocycles. The lowest BCUT2D eigenvalue weighted by atomic mass is 10.3. The van der Waals surface area contributed by atoms with Crippen molar-refractivity contribution in [2.45, 2.75) is 4.90 Å². The second-order valence-electron chi connectivity index (χ2n) is 3.29. The summed E-state index contributed by atoms with van der Waals surface area (Å²) in [7, 11) is -2.47. The molecule has 1 aromatic heterocycles. The first-order valence-electron chi connectivity index (χ1n) is 4.74. The number of hydrogen-bond donors (Lipinski definition) is 0. The Morgan fingerprint density at radius 2 is 2.06 bits per heavy atom. The van der Waals surface area contributed by atoms with Crippen LogP contribution in [-0.2, 0) is 10.0 Å². The minimum absolute atomic E-state index is 0.0119. The van der Waals surface area contributed by atoms with E-state index in [9.17, 15) is 8.42 Å². The van der Waals surface area contributed by atoms with Gasteiger partial charge in [0.05, 0.1) is 12.1 Å². The summed E-state index contributed by atoms with van der Waals surface area (Å²) in [4.78, 5) is 3.62. The van der Waals surface area contributed by atoms with E-state index in [0.29, 0.717) is 0 Å². The Balaban J connectivity index is 2.70. The van der Waals surface area contributed by atoms with Crippen molar-refractivity contribution in [2.75, 3.05) is 7.11 Å². The average Bonchev–Trinajstić information content (AvgIpc) is 2.86. The number of nitrogens with zero attached hydrogens (tertiary/aromatic N) is 2. The molecule has 0 atom stereocenters. The molecule has 0 bridgehead atoms. The van der Waals surface area contributed by atoms with Gasteiger partial charge in [0.1, 0.15) is 16.2 Å². The van der Waals surface area contributed by atoms with Crippen LogP contribution in [0.15, 0.2) is 35.7 Å².